The van der Waals surface area contributed by atoms with E-state index in [4.69, 9.17) is 16.7 Å². The molecule has 82 valence electrons. The summed E-state index contributed by atoms with van der Waals surface area (Å²) >= 11 is 5.64. The maximum Gasteiger partial charge on any atom is 0.305 e. The molecule has 15 heavy (non-hydrogen) atoms. The normalized spacial score (nSPS) is 12.2. The Hall–Kier alpha value is -1.29. The van der Waals surface area contributed by atoms with Crippen molar-refractivity contribution in [1.82, 2.24) is 0 Å². The number of nitrogens with one attached hydrogen (secondary N) is 1. The molecule has 0 saturated carbocycles. The second kappa shape index (κ2) is 4.98. The Morgan fingerprint density at radius 3 is 2.80 bits per heavy atom. The molecule has 0 saturated heterocycles. The van der Waals surface area contributed by atoms with Crippen molar-refractivity contribution in [2.75, 3.05) is 5.32 Å². The fourth-order valence-electron chi connectivity index (χ4n) is 1.23. The third-order valence-corrected chi connectivity index (χ3v) is 1.97. The number of halogens is 2. The van der Waals surface area contributed by atoms with Crippen LogP contribution in [0, 0.1) is 5.82 Å². The Kier molecular flexibility index (Phi) is 3.91. The molecule has 3 nitrogen and oxygen atoms in total. The van der Waals surface area contributed by atoms with E-state index in [2.05, 4.69) is 5.32 Å². The fourth-order valence-corrected chi connectivity index (χ4v) is 1.46. The smallest absolute Gasteiger partial charge is 0.305 e. The Morgan fingerprint density at radius 1 is 1.60 bits per heavy atom. The van der Waals surface area contributed by atoms with Crippen molar-refractivity contribution < 1.29 is 14.3 Å². The molecule has 0 bridgehead atoms. The molecular weight excluding hydrogens is 221 g/mol. The predicted octanol–water partition coefficient (Wildman–Crippen LogP) is 2.75. The monoisotopic (exact) mass is 231 g/mol. The van der Waals surface area contributed by atoms with E-state index in [0.29, 0.717) is 5.69 Å². The van der Waals surface area contributed by atoms with Gasteiger partial charge in [0, 0.05) is 16.8 Å². The molecule has 0 fully saturated rings. The van der Waals surface area contributed by atoms with E-state index >= 15 is 0 Å². The van der Waals surface area contributed by atoms with Crippen LogP contribution in [0.4, 0.5) is 10.1 Å². The van der Waals surface area contributed by atoms with E-state index in [1.807, 2.05) is 0 Å². The van der Waals surface area contributed by atoms with Crippen LogP contribution in [0.3, 0.4) is 0 Å². The lowest BCUT2D eigenvalue weighted by atomic mass is 10.2. The zero-order valence-electron chi connectivity index (χ0n) is 8.13. The van der Waals surface area contributed by atoms with Crippen LogP contribution in [0.25, 0.3) is 0 Å². The molecule has 1 aromatic carbocycles. The number of aliphatic carboxylic acids is 1. The second-order valence-electron chi connectivity index (χ2n) is 3.30. The third kappa shape index (κ3) is 4.16. The summed E-state index contributed by atoms with van der Waals surface area (Å²) in [7, 11) is 0. The quantitative estimate of drug-likeness (QED) is 0.838. The van der Waals surface area contributed by atoms with Crippen molar-refractivity contribution in [2.24, 2.45) is 0 Å². The lowest BCUT2D eigenvalue weighted by molar-refractivity contribution is -0.137. The average molecular weight is 232 g/mol. The summed E-state index contributed by atoms with van der Waals surface area (Å²) in [6.45, 7) is 1.70. The summed E-state index contributed by atoms with van der Waals surface area (Å²) in [5.41, 5.74) is 0.480. The van der Waals surface area contributed by atoms with E-state index in [1.54, 1.807) is 13.0 Å². The number of carboxylic acids is 1. The van der Waals surface area contributed by atoms with Gasteiger partial charge in [0.05, 0.1) is 6.42 Å². The zero-order chi connectivity index (χ0) is 11.4. The highest BCUT2D eigenvalue weighted by atomic mass is 35.5. The first-order valence-electron chi connectivity index (χ1n) is 4.42. The molecule has 0 radical (unpaired) electrons. The summed E-state index contributed by atoms with van der Waals surface area (Å²) in [4.78, 5) is 10.4. The van der Waals surface area contributed by atoms with Gasteiger partial charge < -0.3 is 10.4 Å². The van der Waals surface area contributed by atoms with Gasteiger partial charge in [-0.3, -0.25) is 4.79 Å². The number of anilines is 1. The van der Waals surface area contributed by atoms with Crippen molar-refractivity contribution in [3.63, 3.8) is 0 Å². The Labute approximate surface area is 91.9 Å². The highest BCUT2D eigenvalue weighted by Crippen LogP contribution is 2.19. The summed E-state index contributed by atoms with van der Waals surface area (Å²) in [5.74, 6) is -1.36. The van der Waals surface area contributed by atoms with E-state index in [-0.39, 0.29) is 17.5 Å². The number of benzene rings is 1. The van der Waals surface area contributed by atoms with Gasteiger partial charge in [0.2, 0.25) is 0 Å². The second-order valence-corrected chi connectivity index (χ2v) is 3.74. The number of hydrogen-bond donors (Lipinski definition) is 2. The molecule has 1 aromatic rings. The van der Waals surface area contributed by atoms with Gasteiger partial charge in [-0.25, -0.2) is 4.39 Å². The summed E-state index contributed by atoms with van der Waals surface area (Å²) in [6.07, 6.45) is -0.0336. The largest absolute Gasteiger partial charge is 0.481 e. The number of rotatable bonds is 4. The van der Waals surface area contributed by atoms with Crippen LogP contribution in [0.5, 0.6) is 0 Å². The van der Waals surface area contributed by atoms with Gasteiger partial charge >= 0.3 is 5.97 Å². The summed E-state index contributed by atoms with van der Waals surface area (Å²) in [5, 5.41) is 11.7. The van der Waals surface area contributed by atoms with Crippen LogP contribution in [-0.4, -0.2) is 17.1 Å². The molecule has 0 amide bonds. The first-order valence-corrected chi connectivity index (χ1v) is 4.79. The van der Waals surface area contributed by atoms with E-state index in [9.17, 15) is 9.18 Å². The van der Waals surface area contributed by atoms with Crippen molar-refractivity contribution in [2.45, 2.75) is 19.4 Å². The van der Waals surface area contributed by atoms with E-state index < -0.39 is 11.8 Å². The molecule has 0 aliphatic rings. The van der Waals surface area contributed by atoms with Gasteiger partial charge in [0.1, 0.15) is 5.82 Å². The molecule has 2 N–H and O–H groups in total. The fraction of sp³-hybridized carbons (Fsp3) is 0.300. The number of carboxylic acid groups (broad SMARTS) is 1. The summed E-state index contributed by atoms with van der Waals surface area (Å²) in [6, 6.07) is 3.72. The Morgan fingerprint density at radius 2 is 2.27 bits per heavy atom. The molecule has 1 unspecified atom stereocenters. The maximum absolute atomic E-state index is 12.9. The van der Waals surface area contributed by atoms with Crippen LogP contribution >= 0.6 is 11.6 Å². The Bertz CT molecular complexity index is 350. The van der Waals surface area contributed by atoms with Gasteiger partial charge in [-0.2, -0.15) is 0 Å². The van der Waals surface area contributed by atoms with Crippen molar-refractivity contribution >= 4 is 23.3 Å². The highest BCUT2D eigenvalue weighted by molar-refractivity contribution is 6.30. The lowest BCUT2D eigenvalue weighted by Gasteiger charge is -2.13. The van der Waals surface area contributed by atoms with Gasteiger partial charge in [0.15, 0.2) is 0 Å². The van der Waals surface area contributed by atoms with Crippen molar-refractivity contribution in [3.05, 3.63) is 29.0 Å². The minimum atomic E-state index is -0.905. The minimum absolute atomic E-state index is 0.0336. The molecule has 0 aromatic heterocycles. The first-order chi connectivity index (χ1) is 6.97. The van der Waals surface area contributed by atoms with Crippen LogP contribution < -0.4 is 5.32 Å². The van der Waals surface area contributed by atoms with Crippen LogP contribution in [0.15, 0.2) is 18.2 Å². The summed E-state index contributed by atoms with van der Waals surface area (Å²) < 4.78 is 12.9. The molecule has 0 aliphatic heterocycles. The molecule has 5 heteroatoms. The average Bonchev–Trinajstić information content (AvgIpc) is 1.98. The minimum Gasteiger partial charge on any atom is -0.481 e. The van der Waals surface area contributed by atoms with E-state index in [0.717, 1.165) is 0 Å². The molecular formula is C10H11ClFNO2. The molecule has 1 atom stereocenters. The molecule has 1 rings (SSSR count). The first kappa shape index (κ1) is 11.8. The lowest BCUT2D eigenvalue weighted by Crippen LogP contribution is -2.19. The van der Waals surface area contributed by atoms with Crippen molar-refractivity contribution in [3.8, 4) is 0 Å². The predicted molar refractivity (Wildman–Crippen MR) is 56.7 cm³/mol. The SMILES string of the molecule is CC(CC(=O)O)Nc1cc(F)cc(Cl)c1. The topological polar surface area (TPSA) is 49.3 Å². The third-order valence-electron chi connectivity index (χ3n) is 1.76. The highest BCUT2D eigenvalue weighted by Gasteiger charge is 2.08. The number of carbonyl (C=O) groups is 1. The zero-order valence-corrected chi connectivity index (χ0v) is 8.88. The Balaban J connectivity index is 2.67. The molecule has 0 aliphatic carbocycles. The van der Waals surface area contributed by atoms with Crippen LogP contribution in [0.1, 0.15) is 13.3 Å². The maximum atomic E-state index is 12.9. The van der Waals surface area contributed by atoms with E-state index in [1.165, 1.54) is 12.1 Å². The van der Waals surface area contributed by atoms with Crippen LogP contribution in [0.2, 0.25) is 5.02 Å². The molecule has 0 spiro atoms. The van der Waals surface area contributed by atoms with Gasteiger partial charge in [0.25, 0.3) is 0 Å². The van der Waals surface area contributed by atoms with Crippen LogP contribution in [-0.2, 0) is 4.79 Å². The van der Waals surface area contributed by atoms with Gasteiger partial charge in [-0.05, 0) is 25.1 Å². The molecule has 0 heterocycles. The van der Waals surface area contributed by atoms with Crippen molar-refractivity contribution in [1.29, 1.82) is 0 Å². The van der Waals surface area contributed by atoms with Gasteiger partial charge in [-0.1, -0.05) is 11.6 Å². The standard InChI is InChI=1S/C10H11ClFNO2/c1-6(2-10(14)15)13-9-4-7(11)3-8(12)5-9/h3-6,13H,2H2,1H3,(H,14,15). The van der Waals surface area contributed by atoms with Gasteiger partial charge in [-0.15, -0.1) is 0 Å². The number of hydrogen-bond acceptors (Lipinski definition) is 2.